The van der Waals surface area contributed by atoms with E-state index in [0.29, 0.717) is 19.7 Å². The molecule has 0 radical (unpaired) electrons. The first-order valence-corrected chi connectivity index (χ1v) is 5.72. The van der Waals surface area contributed by atoms with Crippen molar-refractivity contribution >= 4 is 18.3 Å². The van der Waals surface area contributed by atoms with Crippen LogP contribution in [0.2, 0.25) is 0 Å². The van der Waals surface area contributed by atoms with Gasteiger partial charge in [-0.25, -0.2) is 0 Å². The molecule has 102 valence electrons. The van der Waals surface area contributed by atoms with Gasteiger partial charge in [-0.05, 0) is 11.1 Å². The van der Waals surface area contributed by atoms with E-state index in [4.69, 9.17) is 10.5 Å². The average Bonchev–Trinajstić information content (AvgIpc) is 2.37. The Balaban J connectivity index is 0.00000289. The Morgan fingerprint density at radius 1 is 1.33 bits per heavy atom. The number of amides is 1. The molecule has 0 bridgehead atoms. The number of carbonyl (C=O) groups is 1. The molecule has 0 heterocycles. The molecular weight excluding hydrogens is 252 g/mol. The lowest BCUT2D eigenvalue weighted by Gasteiger charge is -2.10. The standard InChI is InChI=1S/C13H20N2O2.ClH/c1-10(7-14)13(16)15-8-11-3-5-12(6-4-11)9-17-2;/h3-6,10H,7-9,14H2,1-2H3,(H,15,16);1H. The lowest BCUT2D eigenvalue weighted by atomic mass is 10.1. The Morgan fingerprint density at radius 2 is 1.89 bits per heavy atom. The highest BCUT2D eigenvalue weighted by molar-refractivity contribution is 5.85. The number of halogens is 1. The van der Waals surface area contributed by atoms with Crippen molar-refractivity contribution in [1.82, 2.24) is 5.32 Å². The van der Waals surface area contributed by atoms with E-state index in [1.54, 1.807) is 7.11 Å². The fourth-order valence-electron chi connectivity index (χ4n) is 1.39. The SMILES string of the molecule is COCc1ccc(CNC(=O)C(C)CN)cc1.Cl. The van der Waals surface area contributed by atoms with Gasteiger partial charge in [0.2, 0.25) is 5.91 Å². The molecule has 1 aromatic rings. The lowest BCUT2D eigenvalue weighted by molar-refractivity contribution is -0.124. The molecule has 1 unspecified atom stereocenters. The van der Waals surface area contributed by atoms with Gasteiger partial charge >= 0.3 is 0 Å². The Hall–Kier alpha value is -1.10. The summed E-state index contributed by atoms with van der Waals surface area (Å²) in [6, 6.07) is 7.97. The van der Waals surface area contributed by atoms with Crippen LogP contribution < -0.4 is 11.1 Å². The number of carbonyl (C=O) groups excluding carboxylic acids is 1. The molecule has 0 aliphatic rings. The first kappa shape index (κ1) is 16.9. The first-order chi connectivity index (χ1) is 8.17. The summed E-state index contributed by atoms with van der Waals surface area (Å²) in [5.41, 5.74) is 7.62. The number of nitrogens with two attached hydrogens (primary N) is 1. The van der Waals surface area contributed by atoms with Gasteiger partial charge in [0.1, 0.15) is 0 Å². The number of benzene rings is 1. The van der Waals surface area contributed by atoms with Crippen LogP contribution in [0.1, 0.15) is 18.1 Å². The number of rotatable bonds is 6. The molecule has 0 aliphatic heterocycles. The molecule has 1 atom stereocenters. The second-order valence-electron chi connectivity index (χ2n) is 4.10. The molecule has 18 heavy (non-hydrogen) atoms. The molecule has 5 heteroatoms. The van der Waals surface area contributed by atoms with E-state index in [1.165, 1.54) is 0 Å². The van der Waals surface area contributed by atoms with E-state index >= 15 is 0 Å². The maximum Gasteiger partial charge on any atom is 0.224 e. The zero-order chi connectivity index (χ0) is 12.7. The van der Waals surface area contributed by atoms with Crippen LogP contribution in [0.15, 0.2) is 24.3 Å². The monoisotopic (exact) mass is 272 g/mol. The zero-order valence-electron chi connectivity index (χ0n) is 10.8. The van der Waals surface area contributed by atoms with Gasteiger partial charge in [-0.2, -0.15) is 0 Å². The van der Waals surface area contributed by atoms with E-state index in [2.05, 4.69) is 5.32 Å². The molecular formula is C13H21ClN2O2. The quantitative estimate of drug-likeness (QED) is 0.824. The van der Waals surface area contributed by atoms with Gasteiger partial charge in [-0.1, -0.05) is 31.2 Å². The number of nitrogens with one attached hydrogen (secondary N) is 1. The van der Waals surface area contributed by atoms with Gasteiger partial charge in [-0.15, -0.1) is 12.4 Å². The molecule has 0 spiro atoms. The van der Waals surface area contributed by atoms with Crippen molar-refractivity contribution in [2.24, 2.45) is 11.7 Å². The van der Waals surface area contributed by atoms with Crippen molar-refractivity contribution in [3.8, 4) is 0 Å². The summed E-state index contributed by atoms with van der Waals surface area (Å²) in [6.07, 6.45) is 0. The second kappa shape index (κ2) is 8.91. The summed E-state index contributed by atoms with van der Waals surface area (Å²) in [6.45, 7) is 3.34. The molecule has 0 saturated carbocycles. The van der Waals surface area contributed by atoms with E-state index in [1.807, 2.05) is 31.2 Å². The third kappa shape index (κ3) is 5.49. The molecule has 1 amide bonds. The van der Waals surface area contributed by atoms with Crippen LogP contribution in [0.4, 0.5) is 0 Å². The highest BCUT2D eigenvalue weighted by Gasteiger charge is 2.09. The highest BCUT2D eigenvalue weighted by atomic mass is 35.5. The normalized spacial score (nSPS) is 11.5. The van der Waals surface area contributed by atoms with Gasteiger partial charge in [-0.3, -0.25) is 4.79 Å². The molecule has 4 nitrogen and oxygen atoms in total. The summed E-state index contributed by atoms with van der Waals surface area (Å²) in [4.78, 5) is 11.5. The highest BCUT2D eigenvalue weighted by Crippen LogP contribution is 2.05. The Morgan fingerprint density at radius 3 is 2.39 bits per heavy atom. The van der Waals surface area contributed by atoms with Gasteiger partial charge < -0.3 is 15.8 Å². The van der Waals surface area contributed by atoms with Gasteiger partial charge in [0.15, 0.2) is 0 Å². The predicted molar refractivity (Wildman–Crippen MR) is 74.5 cm³/mol. The van der Waals surface area contributed by atoms with Crippen molar-refractivity contribution in [3.63, 3.8) is 0 Å². The zero-order valence-corrected chi connectivity index (χ0v) is 11.6. The summed E-state index contributed by atoms with van der Waals surface area (Å²) in [5, 5.41) is 2.85. The predicted octanol–water partition coefficient (Wildman–Crippen LogP) is 1.47. The van der Waals surface area contributed by atoms with Crippen LogP contribution in [0, 0.1) is 5.92 Å². The second-order valence-corrected chi connectivity index (χ2v) is 4.10. The van der Waals surface area contributed by atoms with Crippen LogP contribution >= 0.6 is 12.4 Å². The average molecular weight is 273 g/mol. The molecule has 3 N–H and O–H groups in total. The van der Waals surface area contributed by atoms with Gasteiger partial charge in [0, 0.05) is 26.1 Å². The maximum atomic E-state index is 11.5. The van der Waals surface area contributed by atoms with E-state index in [0.717, 1.165) is 11.1 Å². The fraction of sp³-hybridized carbons (Fsp3) is 0.462. The van der Waals surface area contributed by atoms with Crippen molar-refractivity contribution in [3.05, 3.63) is 35.4 Å². The van der Waals surface area contributed by atoms with Crippen molar-refractivity contribution in [2.45, 2.75) is 20.1 Å². The first-order valence-electron chi connectivity index (χ1n) is 5.72. The number of hydrogen-bond acceptors (Lipinski definition) is 3. The van der Waals surface area contributed by atoms with Gasteiger partial charge in [0.05, 0.1) is 6.61 Å². The van der Waals surface area contributed by atoms with E-state index in [9.17, 15) is 4.79 Å². The molecule has 1 aromatic carbocycles. The van der Waals surface area contributed by atoms with Crippen LogP contribution in [0.25, 0.3) is 0 Å². The summed E-state index contributed by atoms with van der Waals surface area (Å²) >= 11 is 0. The molecule has 0 aliphatic carbocycles. The third-order valence-electron chi connectivity index (χ3n) is 2.60. The Bertz CT molecular complexity index is 355. The van der Waals surface area contributed by atoms with Crippen molar-refractivity contribution < 1.29 is 9.53 Å². The molecule has 0 fully saturated rings. The maximum absolute atomic E-state index is 11.5. The minimum atomic E-state index is -0.136. The van der Waals surface area contributed by atoms with Crippen LogP contribution in [0.3, 0.4) is 0 Å². The number of methoxy groups -OCH3 is 1. The lowest BCUT2D eigenvalue weighted by Crippen LogP contribution is -2.32. The van der Waals surface area contributed by atoms with Crippen LogP contribution in [-0.2, 0) is 22.7 Å². The van der Waals surface area contributed by atoms with Crippen LogP contribution in [0.5, 0.6) is 0 Å². The van der Waals surface area contributed by atoms with Crippen LogP contribution in [-0.4, -0.2) is 19.6 Å². The number of ether oxygens (including phenoxy) is 1. The largest absolute Gasteiger partial charge is 0.380 e. The van der Waals surface area contributed by atoms with Gasteiger partial charge in [0.25, 0.3) is 0 Å². The van der Waals surface area contributed by atoms with E-state index in [-0.39, 0.29) is 24.2 Å². The fourth-order valence-corrected chi connectivity index (χ4v) is 1.39. The minimum Gasteiger partial charge on any atom is -0.380 e. The smallest absolute Gasteiger partial charge is 0.224 e. The molecule has 1 rings (SSSR count). The topological polar surface area (TPSA) is 64.3 Å². The van der Waals surface area contributed by atoms with Crippen molar-refractivity contribution in [1.29, 1.82) is 0 Å². The summed E-state index contributed by atoms with van der Waals surface area (Å²) < 4.78 is 5.03. The summed E-state index contributed by atoms with van der Waals surface area (Å²) in [7, 11) is 1.67. The molecule has 0 aromatic heterocycles. The van der Waals surface area contributed by atoms with Crippen molar-refractivity contribution in [2.75, 3.05) is 13.7 Å². The third-order valence-corrected chi connectivity index (χ3v) is 2.60. The Labute approximate surface area is 114 Å². The Kier molecular flexibility index (Phi) is 8.37. The summed E-state index contributed by atoms with van der Waals surface area (Å²) in [5.74, 6) is -0.142. The number of hydrogen-bond donors (Lipinski definition) is 2. The molecule has 0 saturated heterocycles. The van der Waals surface area contributed by atoms with E-state index < -0.39 is 0 Å². The minimum absolute atomic E-state index is 0.